The molecule has 2 N–H and O–H groups in total. The molecule has 1 heterocycles. The number of nitrogens with two attached hydrogens (primary N) is 1. The first kappa shape index (κ1) is 21.5. The lowest BCUT2D eigenvalue weighted by Crippen LogP contribution is -2.43. The lowest BCUT2D eigenvalue weighted by Gasteiger charge is -2.19. The van der Waals surface area contributed by atoms with Crippen LogP contribution in [0.2, 0.25) is 0 Å². The fourth-order valence-corrected chi connectivity index (χ4v) is 3.23. The van der Waals surface area contributed by atoms with Crippen molar-refractivity contribution in [3.05, 3.63) is 104 Å². The minimum Gasteiger partial charge on any atom is -0.322 e. The summed E-state index contributed by atoms with van der Waals surface area (Å²) in [6.45, 7) is 0.552. The molecule has 5 nitrogen and oxygen atoms in total. The number of rotatable bonds is 5. The fraction of sp³-hybridized carbons (Fsp3) is 0.238. The molecule has 0 bridgehead atoms. The van der Waals surface area contributed by atoms with Crippen molar-refractivity contribution < 1.29 is 17.6 Å². The van der Waals surface area contributed by atoms with Crippen molar-refractivity contribution >= 4 is 0 Å². The van der Waals surface area contributed by atoms with Gasteiger partial charge >= 0.3 is 11.9 Å². The van der Waals surface area contributed by atoms with Crippen LogP contribution in [-0.2, 0) is 19.3 Å². The summed E-state index contributed by atoms with van der Waals surface area (Å²) < 4.78 is 55.9. The number of benzene rings is 2. The molecule has 0 radical (unpaired) electrons. The number of hydrogen-bond acceptors (Lipinski definition) is 3. The zero-order chi connectivity index (χ0) is 22.1. The van der Waals surface area contributed by atoms with Gasteiger partial charge in [-0.3, -0.25) is 13.9 Å². The monoisotopic (exact) mass is 421 g/mol. The topological polar surface area (TPSA) is 70.0 Å². The van der Waals surface area contributed by atoms with Gasteiger partial charge in [-0.2, -0.15) is 13.2 Å². The second-order valence-electron chi connectivity index (χ2n) is 6.88. The maximum atomic E-state index is 14.2. The van der Waals surface area contributed by atoms with E-state index in [1.807, 2.05) is 0 Å². The summed E-state index contributed by atoms with van der Waals surface area (Å²) in [4.78, 5) is 25.3. The molecule has 30 heavy (non-hydrogen) atoms. The quantitative estimate of drug-likeness (QED) is 0.643. The summed E-state index contributed by atoms with van der Waals surface area (Å²) in [6.07, 6.45) is -4.79. The van der Waals surface area contributed by atoms with E-state index in [4.69, 9.17) is 5.73 Å². The van der Waals surface area contributed by atoms with E-state index in [1.165, 1.54) is 6.92 Å². The van der Waals surface area contributed by atoms with Crippen molar-refractivity contribution in [2.45, 2.75) is 32.2 Å². The molecule has 1 aromatic heterocycles. The van der Waals surface area contributed by atoms with Crippen LogP contribution >= 0.6 is 0 Å². The largest absolute Gasteiger partial charge is 0.416 e. The highest BCUT2D eigenvalue weighted by Crippen LogP contribution is 2.33. The summed E-state index contributed by atoms with van der Waals surface area (Å²) in [5, 5.41) is 0. The minimum atomic E-state index is -4.79. The van der Waals surface area contributed by atoms with E-state index in [9.17, 15) is 27.2 Å². The summed E-state index contributed by atoms with van der Waals surface area (Å²) in [5.41, 5.74) is 3.56. The summed E-state index contributed by atoms with van der Waals surface area (Å²) in [5.74, 6) is -1.09. The molecule has 0 saturated carbocycles. The van der Waals surface area contributed by atoms with Gasteiger partial charge in [0.25, 0.3) is 5.56 Å². The maximum absolute atomic E-state index is 14.2. The molecule has 0 spiro atoms. The molecule has 2 aromatic carbocycles. The number of aryl methyl sites for hydroxylation is 1. The molecule has 0 unspecified atom stereocenters. The van der Waals surface area contributed by atoms with Crippen LogP contribution in [0.5, 0.6) is 0 Å². The summed E-state index contributed by atoms with van der Waals surface area (Å²) in [6, 6.07) is 11.8. The van der Waals surface area contributed by atoms with E-state index < -0.39 is 47.0 Å². The Bertz CT molecular complexity index is 1170. The molecule has 0 fully saturated rings. The van der Waals surface area contributed by atoms with E-state index in [1.54, 1.807) is 30.3 Å². The zero-order valence-corrected chi connectivity index (χ0v) is 16.0. The number of alkyl halides is 3. The Hall–Kier alpha value is -3.20. The van der Waals surface area contributed by atoms with Gasteiger partial charge in [0.1, 0.15) is 5.82 Å². The molecular weight excluding hydrogens is 402 g/mol. The molecular formula is C21H19F4N3O2. The zero-order valence-electron chi connectivity index (χ0n) is 16.0. The van der Waals surface area contributed by atoms with Gasteiger partial charge in [-0.15, -0.1) is 0 Å². The molecule has 9 heteroatoms. The Kier molecular flexibility index (Phi) is 5.93. The van der Waals surface area contributed by atoms with Crippen molar-refractivity contribution in [3.8, 4) is 0 Å². The van der Waals surface area contributed by atoms with Gasteiger partial charge in [0.2, 0.25) is 0 Å². The Morgan fingerprint density at radius 3 is 2.30 bits per heavy atom. The average molecular weight is 421 g/mol. The second kappa shape index (κ2) is 8.27. The predicted octanol–water partition coefficient (Wildman–Crippen LogP) is 3.22. The third-order valence-electron chi connectivity index (χ3n) is 4.83. The van der Waals surface area contributed by atoms with E-state index in [-0.39, 0.29) is 12.2 Å². The Morgan fingerprint density at radius 1 is 1.00 bits per heavy atom. The molecule has 0 saturated heterocycles. The lowest BCUT2D eigenvalue weighted by molar-refractivity contribution is -0.138. The van der Waals surface area contributed by atoms with Gasteiger partial charge in [0.05, 0.1) is 18.7 Å². The highest BCUT2D eigenvalue weighted by atomic mass is 19.4. The highest BCUT2D eigenvalue weighted by Gasteiger charge is 2.34. The molecule has 3 aromatic rings. The van der Waals surface area contributed by atoms with Crippen LogP contribution in [-0.4, -0.2) is 9.13 Å². The molecule has 0 amide bonds. The van der Waals surface area contributed by atoms with Crippen LogP contribution in [0.4, 0.5) is 17.6 Å². The van der Waals surface area contributed by atoms with E-state index in [2.05, 4.69) is 0 Å². The van der Waals surface area contributed by atoms with Crippen LogP contribution in [0.25, 0.3) is 0 Å². The highest BCUT2D eigenvalue weighted by molar-refractivity contribution is 5.31. The molecule has 1 atom stereocenters. The number of aromatic nitrogens is 2. The Morgan fingerprint density at radius 2 is 1.67 bits per heavy atom. The van der Waals surface area contributed by atoms with Gasteiger partial charge in [-0.05, 0) is 24.6 Å². The number of halogens is 4. The molecule has 0 aliphatic rings. The van der Waals surface area contributed by atoms with Crippen LogP contribution in [0.3, 0.4) is 0 Å². The van der Waals surface area contributed by atoms with Gasteiger partial charge in [0.15, 0.2) is 0 Å². The van der Waals surface area contributed by atoms with Gasteiger partial charge in [0, 0.05) is 23.4 Å². The van der Waals surface area contributed by atoms with E-state index >= 15 is 0 Å². The maximum Gasteiger partial charge on any atom is 0.416 e. The minimum absolute atomic E-state index is 0.117. The van der Waals surface area contributed by atoms with Gasteiger partial charge in [-0.1, -0.05) is 36.4 Å². The van der Waals surface area contributed by atoms with Crippen molar-refractivity contribution in [2.75, 3.05) is 0 Å². The van der Waals surface area contributed by atoms with Gasteiger partial charge < -0.3 is 5.73 Å². The summed E-state index contributed by atoms with van der Waals surface area (Å²) in [7, 11) is 0. The third-order valence-corrected chi connectivity index (χ3v) is 4.83. The van der Waals surface area contributed by atoms with Crippen molar-refractivity contribution in [1.29, 1.82) is 0 Å². The Labute approximate surface area is 169 Å². The lowest BCUT2D eigenvalue weighted by atomic mass is 10.1. The first-order valence-corrected chi connectivity index (χ1v) is 9.06. The molecule has 0 aliphatic carbocycles. The fourth-order valence-electron chi connectivity index (χ4n) is 3.23. The predicted molar refractivity (Wildman–Crippen MR) is 104 cm³/mol. The number of nitrogens with zero attached hydrogens (tertiary/aromatic N) is 2. The van der Waals surface area contributed by atoms with Crippen LogP contribution in [0, 0.1) is 12.7 Å². The van der Waals surface area contributed by atoms with E-state index in [0.29, 0.717) is 5.56 Å². The number of hydrogen-bond donors (Lipinski definition) is 1. The average Bonchev–Trinajstić information content (AvgIpc) is 2.69. The SMILES string of the molecule is Cc1cc(=O)n(C[C@H](N)c2ccccc2)c(=O)n1Cc1c(F)cccc1C(F)(F)F. The summed E-state index contributed by atoms with van der Waals surface area (Å²) >= 11 is 0. The standard InChI is InChI=1S/C21H19F4N3O2/c1-13-10-19(29)28(12-18(26)14-6-3-2-4-7-14)20(30)27(13)11-15-16(21(23,24)25)8-5-9-17(15)22/h2-10,18H,11-12,26H2,1H3/t18-/m0/s1. The second-order valence-corrected chi connectivity index (χ2v) is 6.88. The van der Waals surface area contributed by atoms with E-state index in [0.717, 1.165) is 33.4 Å². The normalized spacial score (nSPS) is 12.7. The molecule has 0 aliphatic heterocycles. The smallest absolute Gasteiger partial charge is 0.322 e. The molecule has 3 rings (SSSR count). The third kappa shape index (κ3) is 4.35. The van der Waals surface area contributed by atoms with Crippen LogP contribution in [0.1, 0.15) is 28.4 Å². The van der Waals surface area contributed by atoms with Crippen molar-refractivity contribution in [3.63, 3.8) is 0 Å². The van der Waals surface area contributed by atoms with Crippen LogP contribution in [0.15, 0.2) is 64.2 Å². The first-order chi connectivity index (χ1) is 14.1. The van der Waals surface area contributed by atoms with Crippen LogP contribution < -0.4 is 17.0 Å². The van der Waals surface area contributed by atoms with Crippen molar-refractivity contribution in [2.24, 2.45) is 5.73 Å². The molecule has 158 valence electrons. The van der Waals surface area contributed by atoms with Gasteiger partial charge in [-0.25, -0.2) is 9.18 Å². The Balaban J connectivity index is 2.06. The van der Waals surface area contributed by atoms with Crippen molar-refractivity contribution in [1.82, 2.24) is 9.13 Å². The first-order valence-electron chi connectivity index (χ1n) is 9.06.